The molecule has 194 valence electrons. The van der Waals surface area contributed by atoms with E-state index in [1.54, 1.807) is 12.1 Å². The lowest BCUT2D eigenvalue weighted by Crippen LogP contribution is -2.54. The number of urea groups is 1. The average molecular weight is 645 g/mol. The third kappa shape index (κ3) is 6.00. The molecular weight excluding hydrogens is 625 g/mol. The average Bonchev–Trinajstić information content (AvgIpc) is 2.84. The normalized spacial score (nSPS) is 14.5. The van der Waals surface area contributed by atoms with Gasteiger partial charge in [-0.1, -0.05) is 6.07 Å². The standard InChI is InChI=1S/C27H20Br2FN3O5/c1-14-3-6-18(9-15(14)2)31-23(34)13-38-24-21(28)11-16(12-22(24)29)10-20-25(35)32-27(37)33(26(20)36)19-7-4-17(30)5-8-19/h3-12H,13H2,1-2H3,(H,31,34)(H,32,35,37)/b20-10+. The molecule has 0 saturated carbocycles. The van der Waals surface area contributed by atoms with Crippen LogP contribution in [0.2, 0.25) is 0 Å². The van der Waals surface area contributed by atoms with Gasteiger partial charge in [0.25, 0.3) is 17.7 Å². The third-order valence-corrected chi connectivity index (χ3v) is 6.83. The van der Waals surface area contributed by atoms with Crippen LogP contribution in [0, 0.1) is 19.7 Å². The van der Waals surface area contributed by atoms with E-state index in [1.807, 2.05) is 32.0 Å². The van der Waals surface area contributed by atoms with E-state index in [0.717, 1.165) is 28.2 Å². The Morgan fingerprint density at radius 3 is 2.29 bits per heavy atom. The highest BCUT2D eigenvalue weighted by molar-refractivity contribution is 9.11. The molecule has 11 heteroatoms. The first-order chi connectivity index (χ1) is 18.0. The minimum absolute atomic E-state index is 0.109. The number of halogens is 3. The maximum atomic E-state index is 13.3. The van der Waals surface area contributed by atoms with Gasteiger partial charge in [0.2, 0.25) is 0 Å². The molecule has 1 saturated heterocycles. The number of ether oxygens (including phenoxy) is 1. The van der Waals surface area contributed by atoms with Gasteiger partial charge >= 0.3 is 6.03 Å². The van der Waals surface area contributed by atoms with Gasteiger partial charge in [-0.05, 0) is 117 Å². The molecule has 5 amide bonds. The number of benzene rings is 3. The van der Waals surface area contributed by atoms with Gasteiger partial charge in [-0.2, -0.15) is 0 Å². The SMILES string of the molecule is Cc1ccc(NC(=O)COc2c(Br)cc(/C=C3\C(=O)NC(=O)N(c4ccc(F)cc4)C3=O)cc2Br)cc1C. The van der Waals surface area contributed by atoms with Crippen molar-refractivity contribution in [3.8, 4) is 5.75 Å². The highest BCUT2D eigenvalue weighted by Gasteiger charge is 2.36. The van der Waals surface area contributed by atoms with Crippen LogP contribution in [0.15, 0.2) is 69.1 Å². The Labute approximate surface area is 234 Å². The van der Waals surface area contributed by atoms with Gasteiger partial charge in [0.05, 0.1) is 14.6 Å². The largest absolute Gasteiger partial charge is 0.481 e. The molecule has 0 atom stereocenters. The second-order valence-corrected chi connectivity index (χ2v) is 10.1. The number of nitrogens with zero attached hydrogens (tertiary/aromatic N) is 1. The fraction of sp³-hybridized carbons (Fsp3) is 0.111. The van der Waals surface area contributed by atoms with Crippen molar-refractivity contribution in [2.45, 2.75) is 13.8 Å². The summed E-state index contributed by atoms with van der Waals surface area (Å²) in [5.74, 6) is -2.28. The Morgan fingerprint density at radius 2 is 1.66 bits per heavy atom. The molecule has 0 aliphatic carbocycles. The molecule has 1 heterocycles. The number of barbiturate groups is 1. The van der Waals surface area contributed by atoms with Gasteiger partial charge in [-0.25, -0.2) is 14.1 Å². The highest BCUT2D eigenvalue weighted by Crippen LogP contribution is 2.36. The van der Waals surface area contributed by atoms with Crippen LogP contribution in [-0.2, 0) is 14.4 Å². The van der Waals surface area contributed by atoms with E-state index in [-0.39, 0.29) is 23.8 Å². The Bertz CT molecular complexity index is 1480. The second kappa shape index (κ2) is 11.3. The van der Waals surface area contributed by atoms with Crippen molar-refractivity contribution < 1.29 is 28.3 Å². The van der Waals surface area contributed by atoms with Gasteiger partial charge < -0.3 is 10.1 Å². The second-order valence-electron chi connectivity index (χ2n) is 8.38. The molecule has 0 radical (unpaired) electrons. The fourth-order valence-electron chi connectivity index (χ4n) is 3.60. The van der Waals surface area contributed by atoms with Crippen LogP contribution in [-0.4, -0.2) is 30.4 Å². The Hall–Kier alpha value is -3.83. The van der Waals surface area contributed by atoms with Gasteiger partial charge in [-0.15, -0.1) is 0 Å². The van der Waals surface area contributed by atoms with Crippen molar-refractivity contribution in [2.75, 3.05) is 16.8 Å². The molecule has 3 aromatic carbocycles. The van der Waals surface area contributed by atoms with Crippen LogP contribution in [0.25, 0.3) is 6.08 Å². The minimum atomic E-state index is -0.936. The van der Waals surface area contributed by atoms with Gasteiger partial charge in [0, 0.05) is 5.69 Å². The summed E-state index contributed by atoms with van der Waals surface area (Å²) in [5.41, 5.74) is 3.07. The quantitative estimate of drug-likeness (QED) is 0.267. The summed E-state index contributed by atoms with van der Waals surface area (Å²) < 4.78 is 19.9. The minimum Gasteiger partial charge on any atom is -0.481 e. The summed E-state index contributed by atoms with van der Waals surface area (Å²) in [7, 11) is 0. The Kier molecular flexibility index (Phi) is 8.08. The maximum Gasteiger partial charge on any atom is 0.335 e. The molecule has 1 aliphatic heterocycles. The summed E-state index contributed by atoms with van der Waals surface area (Å²) in [5, 5.41) is 4.90. The molecule has 3 aromatic rings. The van der Waals surface area contributed by atoms with Crippen LogP contribution in [0.3, 0.4) is 0 Å². The lowest BCUT2D eigenvalue weighted by molar-refractivity contribution is -0.122. The zero-order chi connectivity index (χ0) is 27.6. The number of aryl methyl sites for hydroxylation is 2. The van der Waals surface area contributed by atoms with E-state index in [1.165, 1.54) is 18.2 Å². The number of carbonyl (C=O) groups excluding carboxylic acids is 4. The predicted molar refractivity (Wildman–Crippen MR) is 147 cm³/mol. The molecule has 0 unspecified atom stereocenters. The van der Waals surface area contributed by atoms with E-state index >= 15 is 0 Å². The number of carbonyl (C=O) groups is 4. The monoisotopic (exact) mass is 643 g/mol. The van der Waals surface area contributed by atoms with E-state index in [2.05, 4.69) is 42.5 Å². The molecule has 8 nitrogen and oxygen atoms in total. The van der Waals surface area contributed by atoms with Crippen LogP contribution < -0.4 is 20.3 Å². The van der Waals surface area contributed by atoms with Crippen LogP contribution >= 0.6 is 31.9 Å². The van der Waals surface area contributed by atoms with Crippen molar-refractivity contribution in [3.05, 3.63) is 91.6 Å². The van der Waals surface area contributed by atoms with Crippen molar-refractivity contribution in [2.24, 2.45) is 0 Å². The molecule has 38 heavy (non-hydrogen) atoms. The number of imide groups is 2. The third-order valence-electron chi connectivity index (χ3n) is 5.66. The number of nitrogens with one attached hydrogen (secondary N) is 2. The van der Waals surface area contributed by atoms with Crippen LogP contribution in [0.1, 0.15) is 16.7 Å². The number of anilines is 2. The van der Waals surface area contributed by atoms with Crippen molar-refractivity contribution >= 4 is 73.1 Å². The first-order valence-electron chi connectivity index (χ1n) is 11.2. The molecular formula is C27H20Br2FN3O5. The zero-order valence-corrected chi connectivity index (χ0v) is 23.3. The number of hydrogen-bond acceptors (Lipinski definition) is 5. The van der Waals surface area contributed by atoms with E-state index in [9.17, 15) is 23.6 Å². The van der Waals surface area contributed by atoms with Crippen molar-refractivity contribution in [1.82, 2.24) is 5.32 Å². The number of hydrogen-bond donors (Lipinski definition) is 2. The summed E-state index contributed by atoms with van der Waals surface area (Å²) >= 11 is 6.78. The highest BCUT2D eigenvalue weighted by atomic mass is 79.9. The summed E-state index contributed by atoms with van der Waals surface area (Å²) in [4.78, 5) is 50.9. The predicted octanol–water partition coefficient (Wildman–Crippen LogP) is 5.65. The maximum absolute atomic E-state index is 13.3. The number of rotatable bonds is 6. The van der Waals surface area contributed by atoms with Gasteiger partial charge in [-0.3, -0.25) is 19.7 Å². The van der Waals surface area contributed by atoms with Crippen LogP contribution in [0.4, 0.5) is 20.6 Å². The first kappa shape index (κ1) is 27.2. The lowest BCUT2D eigenvalue weighted by Gasteiger charge is -2.26. The van der Waals surface area contributed by atoms with E-state index in [0.29, 0.717) is 25.9 Å². The van der Waals surface area contributed by atoms with E-state index < -0.39 is 23.7 Å². The molecule has 0 aromatic heterocycles. The number of amides is 5. The van der Waals surface area contributed by atoms with Crippen molar-refractivity contribution in [3.63, 3.8) is 0 Å². The summed E-state index contributed by atoms with van der Waals surface area (Å²) in [6, 6.07) is 12.6. The lowest BCUT2D eigenvalue weighted by atomic mass is 10.1. The summed E-state index contributed by atoms with van der Waals surface area (Å²) in [6.45, 7) is 3.67. The van der Waals surface area contributed by atoms with Crippen LogP contribution in [0.5, 0.6) is 5.75 Å². The smallest absolute Gasteiger partial charge is 0.335 e. The summed E-state index contributed by atoms with van der Waals surface area (Å²) in [6.07, 6.45) is 1.31. The zero-order valence-electron chi connectivity index (χ0n) is 20.1. The molecule has 1 fully saturated rings. The molecule has 4 rings (SSSR count). The molecule has 2 N–H and O–H groups in total. The fourth-order valence-corrected chi connectivity index (χ4v) is 5.05. The molecule has 0 bridgehead atoms. The molecule has 0 spiro atoms. The first-order valence-corrected chi connectivity index (χ1v) is 12.8. The van der Waals surface area contributed by atoms with E-state index in [4.69, 9.17) is 4.74 Å². The van der Waals surface area contributed by atoms with Crippen molar-refractivity contribution in [1.29, 1.82) is 0 Å². The Balaban J connectivity index is 1.51. The Morgan fingerprint density at radius 1 is 1.00 bits per heavy atom. The topological polar surface area (TPSA) is 105 Å². The molecule has 1 aliphatic rings. The van der Waals surface area contributed by atoms with Gasteiger partial charge in [0.15, 0.2) is 6.61 Å². The van der Waals surface area contributed by atoms with Gasteiger partial charge in [0.1, 0.15) is 17.1 Å².